The summed E-state index contributed by atoms with van der Waals surface area (Å²) in [5.74, 6) is -0.304. The molecule has 0 aromatic rings. The summed E-state index contributed by atoms with van der Waals surface area (Å²) >= 11 is 0. The van der Waals surface area contributed by atoms with Gasteiger partial charge in [-0.3, -0.25) is 4.79 Å². The number of esters is 1. The van der Waals surface area contributed by atoms with Crippen LogP contribution in [-0.2, 0) is 9.53 Å². The molecule has 1 saturated carbocycles. The normalized spacial score (nSPS) is 19.2. The van der Waals surface area contributed by atoms with Crippen LogP contribution >= 0.6 is 0 Å². The van der Waals surface area contributed by atoms with E-state index < -0.39 is 0 Å². The third-order valence-electron chi connectivity index (χ3n) is 1.64. The van der Waals surface area contributed by atoms with E-state index in [-0.39, 0.29) is 18.0 Å². The number of carbonyl (C=O) groups excluding carboxylic acids is 1. The fraction of sp³-hybridized carbons (Fsp3) is 0.714. The summed E-state index contributed by atoms with van der Waals surface area (Å²) in [5.41, 5.74) is -0.314. The molecule has 10 heavy (non-hydrogen) atoms. The number of nitriles is 1. The Bertz CT molecular complexity index is 188. The molecule has 0 radical (unpaired) electrons. The molecule has 0 aromatic carbocycles. The van der Waals surface area contributed by atoms with Gasteiger partial charge in [0.05, 0.1) is 11.5 Å². The van der Waals surface area contributed by atoms with Crippen LogP contribution in [0.2, 0.25) is 0 Å². The van der Waals surface area contributed by atoms with E-state index in [9.17, 15) is 4.79 Å². The minimum atomic E-state index is -0.314. The molecule has 0 aliphatic heterocycles. The molecular weight excluding hydrogens is 130 g/mol. The smallest absolute Gasteiger partial charge is 0.302 e. The average Bonchev–Trinajstić information content (AvgIpc) is 2.64. The van der Waals surface area contributed by atoms with Gasteiger partial charge in [-0.25, -0.2) is 0 Å². The van der Waals surface area contributed by atoms with Crippen LogP contribution in [0.1, 0.15) is 19.8 Å². The summed E-state index contributed by atoms with van der Waals surface area (Å²) in [4.78, 5) is 10.3. The van der Waals surface area contributed by atoms with E-state index in [2.05, 4.69) is 6.07 Å². The first-order valence-electron chi connectivity index (χ1n) is 3.23. The van der Waals surface area contributed by atoms with Crippen LogP contribution < -0.4 is 0 Å². The Morgan fingerprint density at radius 3 is 2.70 bits per heavy atom. The van der Waals surface area contributed by atoms with Crippen LogP contribution in [0.4, 0.5) is 0 Å². The topological polar surface area (TPSA) is 50.1 Å². The first-order chi connectivity index (χ1) is 4.68. The molecule has 1 aliphatic rings. The molecule has 0 amide bonds. The van der Waals surface area contributed by atoms with Gasteiger partial charge in [0.15, 0.2) is 0 Å². The zero-order chi connectivity index (χ0) is 7.61. The maximum absolute atomic E-state index is 10.3. The molecule has 0 saturated heterocycles. The van der Waals surface area contributed by atoms with Gasteiger partial charge < -0.3 is 4.74 Å². The summed E-state index contributed by atoms with van der Waals surface area (Å²) in [7, 11) is 0. The molecule has 0 bridgehead atoms. The lowest BCUT2D eigenvalue weighted by molar-refractivity contribution is -0.142. The van der Waals surface area contributed by atoms with Crippen LogP contribution in [0, 0.1) is 16.7 Å². The van der Waals surface area contributed by atoms with Crippen molar-refractivity contribution in [2.24, 2.45) is 5.41 Å². The maximum Gasteiger partial charge on any atom is 0.302 e. The van der Waals surface area contributed by atoms with Crippen molar-refractivity contribution in [1.29, 1.82) is 5.26 Å². The number of nitrogens with zero attached hydrogens (tertiary/aromatic N) is 1. The van der Waals surface area contributed by atoms with E-state index in [1.807, 2.05) is 0 Å². The van der Waals surface area contributed by atoms with Gasteiger partial charge in [0.1, 0.15) is 6.61 Å². The van der Waals surface area contributed by atoms with Crippen LogP contribution in [0.25, 0.3) is 0 Å². The summed E-state index contributed by atoms with van der Waals surface area (Å²) < 4.78 is 4.70. The lowest BCUT2D eigenvalue weighted by atomic mass is 10.1. The van der Waals surface area contributed by atoms with E-state index in [0.717, 1.165) is 12.8 Å². The number of rotatable bonds is 2. The zero-order valence-corrected chi connectivity index (χ0v) is 5.89. The molecule has 3 nitrogen and oxygen atoms in total. The van der Waals surface area contributed by atoms with Gasteiger partial charge >= 0.3 is 5.97 Å². The number of carbonyl (C=O) groups is 1. The highest BCUT2D eigenvalue weighted by Gasteiger charge is 2.44. The minimum Gasteiger partial charge on any atom is -0.464 e. The molecule has 0 atom stereocenters. The second-order valence-corrected chi connectivity index (χ2v) is 2.67. The average molecular weight is 139 g/mol. The molecule has 0 aromatic heterocycles. The van der Waals surface area contributed by atoms with Crippen molar-refractivity contribution in [3.63, 3.8) is 0 Å². The Morgan fingerprint density at radius 2 is 2.40 bits per heavy atom. The fourth-order valence-corrected chi connectivity index (χ4v) is 0.679. The largest absolute Gasteiger partial charge is 0.464 e. The third-order valence-corrected chi connectivity index (χ3v) is 1.64. The van der Waals surface area contributed by atoms with Crippen molar-refractivity contribution in [3.05, 3.63) is 0 Å². The fourth-order valence-electron chi connectivity index (χ4n) is 0.679. The van der Waals surface area contributed by atoms with Crippen molar-refractivity contribution in [1.82, 2.24) is 0 Å². The van der Waals surface area contributed by atoms with E-state index >= 15 is 0 Å². The van der Waals surface area contributed by atoms with E-state index in [4.69, 9.17) is 10.00 Å². The Morgan fingerprint density at radius 1 is 1.80 bits per heavy atom. The quantitative estimate of drug-likeness (QED) is 0.533. The highest BCUT2D eigenvalue weighted by molar-refractivity contribution is 5.66. The molecule has 1 rings (SSSR count). The molecule has 1 fully saturated rings. The first kappa shape index (κ1) is 7.07. The summed E-state index contributed by atoms with van der Waals surface area (Å²) in [6, 6.07) is 2.13. The van der Waals surface area contributed by atoms with Crippen LogP contribution in [0.3, 0.4) is 0 Å². The Kier molecular flexibility index (Phi) is 1.62. The molecular formula is C7H9NO2. The highest BCUT2D eigenvalue weighted by Crippen LogP contribution is 2.44. The predicted octanol–water partition coefficient (Wildman–Crippen LogP) is 0.853. The van der Waals surface area contributed by atoms with Crippen LogP contribution in [0.5, 0.6) is 0 Å². The van der Waals surface area contributed by atoms with Crippen molar-refractivity contribution < 1.29 is 9.53 Å². The van der Waals surface area contributed by atoms with Gasteiger partial charge in [-0.15, -0.1) is 0 Å². The van der Waals surface area contributed by atoms with Crippen molar-refractivity contribution in [3.8, 4) is 6.07 Å². The van der Waals surface area contributed by atoms with Gasteiger partial charge in [0, 0.05) is 6.92 Å². The van der Waals surface area contributed by atoms with Gasteiger partial charge in [0.2, 0.25) is 0 Å². The van der Waals surface area contributed by atoms with Gasteiger partial charge in [-0.1, -0.05) is 0 Å². The molecule has 0 unspecified atom stereocenters. The first-order valence-corrected chi connectivity index (χ1v) is 3.23. The van der Waals surface area contributed by atoms with E-state index in [0.29, 0.717) is 0 Å². The predicted molar refractivity (Wildman–Crippen MR) is 33.9 cm³/mol. The maximum atomic E-state index is 10.3. The second-order valence-electron chi connectivity index (χ2n) is 2.67. The van der Waals surface area contributed by atoms with Crippen molar-refractivity contribution in [2.75, 3.05) is 6.61 Å². The van der Waals surface area contributed by atoms with Crippen LogP contribution in [-0.4, -0.2) is 12.6 Å². The third kappa shape index (κ3) is 1.47. The van der Waals surface area contributed by atoms with Gasteiger partial charge in [0.25, 0.3) is 0 Å². The number of ether oxygens (including phenoxy) is 1. The molecule has 1 aliphatic carbocycles. The Hall–Kier alpha value is -1.04. The van der Waals surface area contributed by atoms with E-state index in [1.165, 1.54) is 6.92 Å². The standard InChI is InChI=1S/C7H9NO2/c1-6(9)10-5-7(4-8)2-3-7/h2-3,5H2,1H3. The summed E-state index contributed by atoms with van der Waals surface area (Å²) in [6.07, 6.45) is 1.74. The summed E-state index contributed by atoms with van der Waals surface area (Å²) in [6.45, 7) is 1.63. The summed E-state index contributed by atoms with van der Waals surface area (Å²) in [5, 5.41) is 8.53. The Labute approximate surface area is 59.6 Å². The van der Waals surface area contributed by atoms with Gasteiger partial charge in [-0.05, 0) is 12.8 Å². The number of hydrogen-bond acceptors (Lipinski definition) is 3. The lowest BCUT2D eigenvalue weighted by Gasteiger charge is -2.03. The molecule has 54 valence electrons. The molecule has 0 N–H and O–H groups in total. The highest BCUT2D eigenvalue weighted by atomic mass is 16.5. The number of hydrogen-bond donors (Lipinski definition) is 0. The van der Waals surface area contributed by atoms with Crippen molar-refractivity contribution in [2.45, 2.75) is 19.8 Å². The molecule has 0 spiro atoms. The molecule has 3 heteroatoms. The van der Waals surface area contributed by atoms with Gasteiger partial charge in [-0.2, -0.15) is 5.26 Å². The van der Waals surface area contributed by atoms with Crippen molar-refractivity contribution >= 4 is 5.97 Å². The second kappa shape index (κ2) is 2.30. The minimum absolute atomic E-state index is 0.277. The zero-order valence-electron chi connectivity index (χ0n) is 5.89. The SMILES string of the molecule is CC(=O)OCC1(C#N)CC1. The lowest BCUT2D eigenvalue weighted by Crippen LogP contribution is -2.10. The monoisotopic (exact) mass is 139 g/mol. The Balaban J connectivity index is 2.27. The van der Waals surface area contributed by atoms with E-state index in [1.54, 1.807) is 0 Å². The molecule has 0 heterocycles. The van der Waals surface area contributed by atoms with Crippen LogP contribution in [0.15, 0.2) is 0 Å².